The van der Waals surface area contributed by atoms with Crippen molar-refractivity contribution in [3.05, 3.63) is 53.7 Å². The topological polar surface area (TPSA) is 86.9 Å². The van der Waals surface area contributed by atoms with E-state index < -0.39 is 5.82 Å². The van der Waals surface area contributed by atoms with E-state index in [1.807, 2.05) is 6.07 Å². The molecule has 0 spiro atoms. The molecule has 0 radical (unpaired) electrons. The van der Waals surface area contributed by atoms with Crippen LogP contribution in [0.2, 0.25) is 0 Å². The fourth-order valence-corrected chi connectivity index (χ4v) is 3.72. The highest BCUT2D eigenvalue weighted by molar-refractivity contribution is 5.79. The number of carbonyl (C=O) groups excluding carboxylic acids is 1. The molecule has 0 saturated carbocycles. The Balaban J connectivity index is 1.38. The number of hydrogen-bond acceptors (Lipinski definition) is 7. The van der Waals surface area contributed by atoms with Crippen LogP contribution in [0.15, 0.2) is 40.9 Å². The molecule has 1 amide bonds. The molecule has 30 heavy (non-hydrogen) atoms. The number of ether oxygens (including phenoxy) is 3. The number of hydrogen-bond donors (Lipinski definition) is 0. The maximum absolute atomic E-state index is 14.0. The van der Waals surface area contributed by atoms with Gasteiger partial charge < -0.3 is 23.6 Å². The lowest BCUT2D eigenvalue weighted by Gasteiger charge is -2.22. The largest absolute Gasteiger partial charge is 0.494 e. The van der Waals surface area contributed by atoms with Crippen molar-refractivity contribution in [3.8, 4) is 28.6 Å². The van der Waals surface area contributed by atoms with Crippen LogP contribution in [0.25, 0.3) is 11.4 Å². The maximum Gasteiger partial charge on any atom is 0.249 e. The van der Waals surface area contributed by atoms with Crippen LogP contribution in [-0.2, 0) is 11.3 Å². The normalized spacial score (nSPS) is 17.6. The van der Waals surface area contributed by atoms with Crippen LogP contribution >= 0.6 is 0 Å². The summed E-state index contributed by atoms with van der Waals surface area (Å²) < 4.78 is 35.2. The fraction of sp³-hybridized carbons (Fsp3) is 0.286. The molecular formula is C21H18FN3O5. The summed E-state index contributed by atoms with van der Waals surface area (Å²) in [6.45, 7) is 0.424. The van der Waals surface area contributed by atoms with Gasteiger partial charge in [0.1, 0.15) is 6.04 Å². The first-order valence-electron chi connectivity index (χ1n) is 9.48. The van der Waals surface area contributed by atoms with Gasteiger partial charge in [-0.1, -0.05) is 11.2 Å². The Kier molecular flexibility index (Phi) is 4.50. The Morgan fingerprint density at radius 3 is 2.90 bits per heavy atom. The second-order valence-corrected chi connectivity index (χ2v) is 7.07. The van der Waals surface area contributed by atoms with E-state index in [9.17, 15) is 9.18 Å². The van der Waals surface area contributed by atoms with Crippen LogP contribution in [0, 0.1) is 5.82 Å². The van der Waals surface area contributed by atoms with Crippen LogP contribution in [0.1, 0.15) is 30.3 Å². The van der Waals surface area contributed by atoms with Gasteiger partial charge in [0.05, 0.1) is 7.11 Å². The van der Waals surface area contributed by atoms with E-state index in [-0.39, 0.29) is 31.0 Å². The zero-order chi connectivity index (χ0) is 20.7. The molecule has 2 aliphatic rings. The first kappa shape index (κ1) is 18.4. The number of likely N-dealkylation sites (tertiary alicyclic amines) is 1. The zero-order valence-electron chi connectivity index (χ0n) is 16.1. The Hall–Kier alpha value is -3.62. The van der Waals surface area contributed by atoms with E-state index in [2.05, 4.69) is 10.1 Å². The fourth-order valence-electron chi connectivity index (χ4n) is 3.72. The first-order valence-corrected chi connectivity index (χ1v) is 9.48. The minimum atomic E-state index is -0.471. The Labute approximate surface area is 171 Å². The van der Waals surface area contributed by atoms with E-state index >= 15 is 0 Å². The molecule has 2 aliphatic heterocycles. The smallest absolute Gasteiger partial charge is 0.249 e. The quantitative estimate of drug-likeness (QED) is 0.635. The van der Waals surface area contributed by atoms with Crippen LogP contribution in [0.4, 0.5) is 4.39 Å². The SMILES string of the molecule is COc1ccc(CN2C(=O)CCC2c2nc(-c3ccc4c(c3)OCO4)no2)cc1F. The summed E-state index contributed by atoms with van der Waals surface area (Å²) in [6, 6.07) is 9.68. The number of nitrogens with zero attached hydrogens (tertiary/aromatic N) is 3. The van der Waals surface area contributed by atoms with Gasteiger partial charge >= 0.3 is 0 Å². The number of halogens is 1. The second kappa shape index (κ2) is 7.33. The molecule has 3 aromatic rings. The van der Waals surface area contributed by atoms with E-state index in [1.165, 1.54) is 13.2 Å². The molecule has 1 fully saturated rings. The minimum Gasteiger partial charge on any atom is -0.494 e. The first-order chi connectivity index (χ1) is 14.6. The summed E-state index contributed by atoms with van der Waals surface area (Å²) in [5.41, 5.74) is 1.38. The summed E-state index contributed by atoms with van der Waals surface area (Å²) in [7, 11) is 1.41. The lowest BCUT2D eigenvalue weighted by atomic mass is 10.1. The molecule has 154 valence electrons. The maximum atomic E-state index is 14.0. The van der Waals surface area contributed by atoms with Crippen molar-refractivity contribution in [2.75, 3.05) is 13.9 Å². The van der Waals surface area contributed by atoms with Gasteiger partial charge in [0, 0.05) is 18.5 Å². The highest BCUT2D eigenvalue weighted by Gasteiger charge is 2.36. The van der Waals surface area contributed by atoms with Gasteiger partial charge in [-0.05, 0) is 42.3 Å². The molecule has 1 unspecified atom stereocenters. The van der Waals surface area contributed by atoms with Crippen molar-refractivity contribution in [3.63, 3.8) is 0 Å². The lowest BCUT2D eigenvalue weighted by molar-refractivity contribution is -0.130. The monoisotopic (exact) mass is 411 g/mol. The molecule has 1 atom stereocenters. The van der Waals surface area contributed by atoms with Gasteiger partial charge in [0.25, 0.3) is 0 Å². The number of methoxy groups -OCH3 is 1. The Morgan fingerprint density at radius 1 is 1.20 bits per heavy atom. The summed E-state index contributed by atoms with van der Waals surface area (Å²) in [4.78, 5) is 18.6. The van der Waals surface area contributed by atoms with Gasteiger partial charge in [-0.25, -0.2) is 4.39 Å². The Bertz CT molecular complexity index is 1120. The number of benzene rings is 2. The minimum absolute atomic E-state index is 0.0425. The van der Waals surface area contributed by atoms with E-state index in [0.717, 1.165) is 5.56 Å². The summed E-state index contributed by atoms with van der Waals surface area (Å²) in [5.74, 6) is 1.69. The average Bonchev–Trinajstić information content (AvgIpc) is 3.48. The van der Waals surface area contributed by atoms with E-state index in [0.29, 0.717) is 41.6 Å². The van der Waals surface area contributed by atoms with Crippen molar-refractivity contribution >= 4 is 5.91 Å². The van der Waals surface area contributed by atoms with Gasteiger partial charge in [-0.15, -0.1) is 0 Å². The molecule has 9 heteroatoms. The Morgan fingerprint density at radius 2 is 2.07 bits per heavy atom. The standard InChI is InChI=1S/C21H18FN3O5/c1-27-16-5-2-12(8-14(16)22)10-25-15(4-7-19(25)26)21-23-20(24-30-21)13-3-6-17-18(9-13)29-11-28-17/h2-3,5-6,8-9,15H,4,7,10-11H2,1H3. The van der Waals surface area contributed by atoms with Crippen molar-refractivity contribution < 1.29 is 27.9 Å². The van der Waals surface area contributed by atoms with Crippen LogP contribution < -0.4 is 14.2 Å². The summed E-state index contributed by atoms with van der Waals surface area (Å²) in [6.07, 6.45) is 0.922. The lowest BCUT2D eigenvalue weighted by Crippen LogP contribution is -2.27. The molecule has 1 saturated heterocycles. The van der Waals surface area contributed by atoms with Crippen molar-refractivity contribution in [1.29, 1.82) is 0 Å². The molecule has 0 aliphatic carbocycles. The molecule has 5 rings (SSSR count). The van der Waals surface area contributed by atoms with Crippen molar-refractivity contribution in [1.82, 2.24) is 15.0 Å². The summed E-state index contributed by atoms with van der Waals surface area (Å²) >= 11 is 0. The molecule has 1 aromatic heterocycles. The van der Waals surface area contributed by atoms with Gasteiger partial charge in [-0.3, -0.25) is 4.79 Å². The number of aromatic nitrogens is 2. The number of fused-ring (bicyclic) bond motifs is 1. The second-order valence-electron chi connectivity index (χ2n) is 7.07. The highest BCUT2D eigenvalue weighted by Crippen LogP contribution is 2.37. The number of amides is 1. The molecule has 2 aromatic carbocycles. The molecule has 3 heterocycles. The van der Waals surface area contributed by atoms with Gasteiger partial charge in [-0.2, -0.15) is 4.98 Å². The third-order valence-electron chi connectivity index (χ3n) is 5.25. The molecule has 0 bridgehead atoms. The number of carbonyl (C=O) groups is 1. The van der Waals surface area contributed by atoms with Crippen LogP contribution in [0.5, 0.6) is 17.2 Å². The van der Waals surface area contributed by atoms with E-state index in [4.69, 9.17) is 18.7 Å². The molecule has 8 nitrogen and oxygen atoms in total. The average molecular weight is 411 g/mol. The van der Waals surface area contributed by atoms with Crippen molar-refractivity contribution in [2.24, 2.45) is 0 Å². The summed E-state index contributed by atoms with van der Waals surface area (Å²) in [5, 5.41) is 4.06. The highest BCUT2D eigenvalue weighted by atomic mass is 19.1. The predicted molar refractivity (Wildman–Crippen MR) is 101 cm³/mol. The molecular weight excluding hydrogens is 393 g/mol. The third-order valence-corrected chi connectivity index (χ3v) is 5.25. The van der Waals surface area contributed by atoms with Crippen LogP contribution in [0.3, 0.4) is 0 Å². The number of rotatable bonds is 5. The predicted octanol–water partition coefficient (Wildman–Crippen LogP) is 3.48. The van der Waals surface area contributed by atoms with Crippen LogP contribution in [-0.4, -0.2) is 34.9 Å². The van der Waals surface area contributed by atoms with Gasteiger partial charge in [0.2, 0.25) is 24.4 Å². The molecule has 0 N–H and O–H groups in total. The van der Waals surface area contributed by atoms with E-state index in [1.54, 1.807) is 29.2 Å². The van der Waals surface area contributed by atoms with Gasteiger partial charge in [0.15, 0.2) is 23.1 Å². The zero-order valence-corrected chi connectivity index (χ0v) is 16.1. The van der Waals surface area contributed by atoms with Crippen molar-refractivity contribution in [2.45, 2.75) is 25.4 Å². The third kappa shape index (κ3) is 3.22.